The zero-order valence-electron chi connectivity index (χ0n) is 14.3. The van der Waals surface area contributed by atoms with Gasteiger partial charge in [0.2, 0.25) is 5.91 Å². The van der Waals surface area contributed by atoms with Crippen molar-refractivity contribution < 1.29 is 23.8 Å². The number of hydrogen-bond acceptors (Lipinski definition) is 6. The maximum absolute atomic E-state index is 11.3. The molecular formula is C16H32N2O5. The topological polar surface area (TPSA) is 85.9 Å². The third-order valence-electron chi connectivity index (χ3n) is 2.97. The largest absolute Gasteiger partial charge is 0.379 e. The molecule has 7 nitrogen and oxygen atoms in total. The summed E-state index contributed by atoms with van der Waals surface area (Å²) in [6, 6.07) is 0. The molecule has 0 heterocycles. The molecule has 0 saturated carbocycles. The van der Waals surface area contributed by atoms with Crippen LogP contribution < -0.4 is 10.6 Å². The molecule has 0 spiro atoms. The summed E-state index contributed by atoms with van der Waals surface area (Å²) in [6.07, 6.45) is 4.07. The van der Waals surface area contributed by atoms with Gasteiger partial charge in [0.15, 0.2) is 0 Å². The van der Waals surface area contributed by atoms with E-state index < -0.39 is 0 Å². The van der Waals surface area contributed by atoms with E-state index in [1.54, 1.807) is 0 Å². The molecule has 0 aliphatic heterocycles. The summed E-state index contributed by atoms with van der Waals surface area (Å²) in [5, 5.41) is 5.86. The Morgan fingerprint density at radius 1 is 0.870 bits per heavy atom. The summed E-state index contributed by atoms with van der Waals surface area (Å²) in [5.41, 5.74) is 0. The van der Waals surface area contributed by atoms with E-state index in [1.807, 2.05) is 7.05 Å². The molecule has 2 N–H and O–H groups in total. The van der Waals surface area contributed by atoms with Gasteiger partial charge in [0.05, 0.1) is 26.4 Å². The van der Waals surface area contributed by atoms with Crippen molar-refractivity contribution >= 4 is 12.2 Å². The highest BCUT2D eigenvalue weighted by Gasteiger charge is 1.99. The number of carbonyl (C=O) groups is 2. The van der Waals surface area contributed by atoms with Crippen LogP contribution >= 0.6 is 0 Å². The fraction of sp³-hybridized carbons (Fsp3) is 0.875. The van der Waals surface area contributed by atoms with Crippen LogP contribution in [0, 0.1) is 0 Å². The second-order valence-corrected chi connectivity index (χ2v) is 5.06. The van der Waals surface area contributed by atoms with E-state index in [9.17, 15) is 9.59 Å². The molecule has 0 bridgehead atoms. The van der Waals surface area contributed by atoms with Crippen LogP contribution in [0.4, 0.5) is 0 Å². The van der Waals surface area contributed by atoms with Gasteiger partial charge in [-0.25, -0.2) is 0 Å². The smallest absolute Gasteiger partial charge is 0.220 e. The Kier molecular flexibility index (Phi) is 18.2. The Morgan fingerprint density at radius 3 is 2.00 bits per heavy atom. The van der Waals surface area contributed by atoms with Crippen molar-refractivity contribution in [2.75, 3.05) is 59.8 Å². The van der Waals surface area contributed by atoms with Crippen molar-refractivity contribution in [3.05, 3.63) is 0 Å². The number of carbonyl (C=O) groups excluding carboxylic acids is 2. The molecule has 1 amide bonds. The van der Waals surface area contributed by atoms with E-state index in [-0.39, 0.29) is 5.91 Å². The summed E-state index contributed by atoms with van der Waals surface area (Å²) in [7, 11) is 1.92. The van der Waals surface area contributed by atoms with Gasteiger partial charge in [-0.2, -0.15) is 0 Å². The van der Waals surface area contributed by atoms with E-state index in [0.717, 1.165) is 32.3 Å². The fourth-order valence-corrected chi connectivity index (χ4v) is 1.73. The van der Waals surface area contributed by atoms with Gasteiger partial charge in [-0.15, -0.1) is 0 Å². The number of unbranched alkanes of at least 4 members (excludes halogenated alkanes) is 1. The summed E-state index contributed by atoms with van der Waals surface area (Å²) in [4.78, 5) is 21.4. The van der Waals surface area contributed by atoms with Crippen molar-refractivity contribution in [1.82, 2.24) is 10.6 Å². The molecular weight excluding hydrogens is 300 g/mol. The number of rotatable bonds is 18. The van der Waals surface area contributed by atoms with Crippen LogP contribution in [-0.2, 0) is 23.8 Å². The SMILES string of the molecule is CNCCCOCCOCCOCCCNC(=O)CCCC=O. The van der Waals surface area contributed by atoms with E-state index >= 15 is 0 Å². The number of aldehydes is 1. The Bertz CT molecular complexity index is 277. The Hall–Kier alpha value is -1.02. The molecule has 0 atom stereocenters. The minimum Gasteiger partial charge on any atom is -0.379 e. The quantitative estimate of drug-likeness (QED) is 0.281. The first kappa shape index (κ1) is 22.0. The number of nitrogens with one attached hydrogen (secondary N) is 2. The van der Waals surface area contributed by atoms with Crippen LogP contribution in [0.15, 0.2) is 0 Å². The van der Waals surface area contributed by atoms with Gasteiger partial charge in [0, 0.05) is 32.6 Å². The highest BCUT2D eigenvalue weighted by atomic mass is 16.5. The van der Waals surface area contributed by atoms with E-state index in [0.29, 0.717) is 58.8 Å². The molecule has 0 aromatic heterocycles. The van der Waals surface area contributed by atoms with Crippen molar-refractivity contribution in [2.45, 2.75) is 32.1 Å². The second kappa shape index (κ2) is 19.0. The number of hydrogen-bond donors (Lipinski definition) is 2. The van der Waals surface area contributed by atoms with Gasteiger partial charge in [-0.3, -0.25) is 4.79 Å². The summed E-state index contributed by atoms with van der Waals surface area (Å²) < 4.78 is 16.2. The molecule has 0 aromatic rings. The van der Waals surface area contributed by atoms with Crippen LogP contribution in [0.5, 0.6) is 0 Å². The average molecular weight is 332 g/mol. The molecule has 136 valence electrons. The molecule has 0 rings (SSSR count). The minimum atomic E-state index is -0.00935. The van der Waals surface area contributed by atoms with Crippen LogP contribution in [0.25, 0.3) is 0 Å². The summed E-state index contributed by atoms with van der Waals surface area (Å²) in [6.45, 7) is 5.21. The van der Waals surface area contributed by atoms with Crippen LogP contribution in [-0.4, -0.2) is 72.0 Å². The van der Waals surface area contributed by atoms with Crippen molar-refractivity contribution in [1.29, 1.82) is 0 Å². The first-order valence-electron chi connectivity index (χ1n) is 8.39. The van der Waals surface area contributed by atoms with E-state index in [1.165, 1.54) is 0 Å². The molecule has 0 radical (unpaired) electrons. The van der Waals surface area contributed by atoms with Crippen LogP contribution in [0.1, 0.15) is 32.1 Å². The molecule has 0 aliphatic carbocycles. The van der Waals surface area contributed by atoms with E-state index in [4.69, 9.17) is 14.2 Å². The summed E-state index contributed by atoms with van der Waals surface area (Å²) >= 11 is 0. The van der Waals surface area contributed by atoms with Crippen molar-refractivity contribution in [2.24, 2.45) is 0 Å². The molecule has 0 saturated heterocycles. The first-order chi connectivity index (χ1) is 11.3. The third-order valence-corrected chi connectivity index (χ3v) is 2.97. The van der Waals surface area contributed by atoms with Gasteiger partial charge < -0.3 is 29.6 Å². The number of amides is 1. The Labute approximate surface area is 139 Å². The molecule has 0 aromatic carbocycles. The third kappa shape index (κ3) is 18.9. The maximum atomic E-state index is 11.3. The molecule has 0 fully saturated rings. The fourth-order valence-electron chi connectivity index (χ4n) is 1.73. The predicted molar refractivity (Wildman–Crippen MR) is 88.5 cm³/mol. The first-order valence-corrected chi connectivity index (χ1v) is 8.39. The summed E-state index contributed by atoms with van der Waals surface area (Å²) in [5.74, 6) is -0.00935. The lowest BCUT2D eigenvalue weighted by Crippen LogP contribution is -2.25. The zero-order chi connectivity index (χ0) is 17.0. The lowest BCUT2D eigenvalue weighted by molar-refractivity contribution is -0.121. The lowest BCUT2D eigenvalue weighted by atomic mass is 10.2. The predicted octanol–water partition coefficient (Wildman–Crippen LogP) is 0.521. The van der Waals surface area contributed by atoms with Crippen molar-refractivity contribution in [3.63, 3.8) is 0 Å². The Balaban J connectivity index is 3.07. The average Bonchev–Trinajstić information content (AvgIpc) is 2.55. The van der Waals surface area contributed by atoms with Gasteiger partial charge >= 0.3 is 0 Å². The zero-order valence-corrected chi connectivity index (χ0v) is 14.3. The molecule has 7 heteroatoms. The van der Waals surface area contributed by atoms with Crippen molar-refractivity contribution in [3.8, 4) is 0 Å². The van der Waals surface area contributed by atoms with Crippen LogP contribution in [0.3, 0.4) is 0 Å². The molecule has 23 heavy (non-hydrogen) atoms. The number of ether oxygens (including phenoxy) is 3. The van der Waals surface area contributed by atoms with E-state index in [2.05, 4.69) is 10.6 Å². The van der Waals surface area contributed by atoms with Gasteiger partial charge in [-0.05, 0) is 32.9 Å². The van der Waals surface area contributed by atoms with Gasteiger partial charge in [0.1, 0.15) is 6.29 Å². The second-order valence-electron chi connectivity index (χ2n) is 5.06. The maximum Gasteiger partial charge on any atom is 0.220 e. The molecule has 0 unspecified atom stereocenters. The minimum absolute atomic E-state index is 0.00935. The lowest BCUT2D eigenvalue weighted by Gasteiger charge is -2.07. The van der Waals surface area contributed by atoms with Crippen LogP contribution in [0.2, 0.25) is 0 Å². The highest BCUT2D eigenvalue weighted by molar-refractivity contribution is 5.76. The standard InChI is InChI=1S/C16H32N2O5/c1-17-7-4-10-21-12-14-23-15-13-22-11-5-8-18-16(20)6-2-3-9-19/h9,17H,2-8,10-15H2,1H3,(H,18,20). The normalized spacial score (nSPS) is 10.7. The Morgan fingerprint density at radius 2 is 1.43 bits per heavy atom. The van der Waals surface area contributed by atoms with Gasteiger partial charge in [-0.1, -0.05) is 0 Å². The van der Waals surface area contributed by atoms with Gasteiger partial charge in [0.25, 0.3) is 0 Å². The highest BCUT2D eigenvalue weighted by Crippen LogP contribution is 1.92. The molecule has 0 aliphatic rings. The monoisotopic (exact) mass is 332 g/mol.